The van der Waals surface area contributed by atoms with Crippen LogP contribution in [-0.4, -0.2) is 113 Å². The van der Waals surface area contributed by atoms with Crippen molar-refractivity contribution in [2.24, 2.45) is 11.8 Å². The highest BCUT2D eigenvalue weighted by molar-refractivity contribution is 8.12. The topological polar surface area (TPSA) is 128 Å². The summed E-state index contributed by atoms with van der Waals surface area (Å²) in [6.45, 7) is 20.9. The number of aliphatic hydroxyl groups excluding tert-OH is 1. The molecule has 4 rings (SSSR count). The summed E-state index contributed by atoms with van der Waals surface area (Å²) in [5.74, 6) is -0.729. The van der Waals surface area contributed by atoms with Gasteiger partial charge >= 0.3 is 20.0 Å². The lowest BCUT2D eigenvalue weighted by Gasteiger charge is -2.53. The minimum Gasteiger partial charge on any atom is -0.449 e. The molecular weight excluding hydrogens is 632 g/mol. The van der Waals surface area contributed by atoms with Crippen LogP contribution in [0, 0.1) is 11.8 Å². The van der Waals surface area contributed by atoms with E-state index in [2.05, 4.69) is 73.6 Å². The molecule has 4 fully saturated rings. The van der Waals surface area contributed by atoms with Gasteiger partial charge < -0.3 is 42.4 Å². The number of ether oxygens (including phenoxy) is 6. The van der Waals surface area contributed by atoms with Crippen LogP contribution in [0.2, 0.25) is 11.1 Å². The molecule has 4 aliphatic heterocycles. The van der Waals surface area contributed by atoms with Crippen molar-refractivity contribution in [2.75, 3.05) is 19.5 Å². The van der Waals surface area contributed by atoms with Crippen molar-refractivity contribution in [3.63, 3.8) is 0 Å². The zero-order valence-corrected chi connectivity index (χ0v) is 30.7. The summed E-state index contributed by atoms with van der Waals surface area (Å²) in [5, 5.41) is 8.57. The van der Waals surface area contributed by atoms with Crippen LogP contribution in [0.25, 0.3) is 0 Å². The van der Waals surface area contributed by atoms with Crippen molar-refractivity contribution >= 4 is 64.0 Å². The second-order valence-electron chi connectivity index (χ2n) is 12.4. The summed E-state index contributed by atoms with van der Waals surface area (Å²) in [4.78, 5) is 22.9. The van der Waals surface area contributed by atoms with Crippen LogP contribution in [0.15, 0.2) is 0 Å². The highest BCUT2D eigenvalue weighted by Gasteiger charge is 2.60. The molecule has 0 bridgehead atoms. The first-order valence-electron chi connectivity index (χ1n) is 14.9. The average molecular weight is 680 g/mol. The van der Waals surface area contributed by atoms with E-state index < -0.39 is 51.0 Å². The van der Waals surface area contributed by atoms with Crippen LogP contribution in [-0.2, 0) is 37.3 Å². The predicted molar refractivity (Wildman–Crippen MR) is 175 cm³/mol. The minimum absolute atomic E-state index is 0.0696. The lowest BCUT2D eigenvalue weighted by Crippen LogP contribution is -2.64. The van der Waals surface area contributed by atoms with Gasteiger partial charge in [-0.15, -0.1) is 0 Å². The van der Waals surface area contributed by atoms with Crippen molar-refractivity contribution in [3.8, 4) is 0 Å². The number of hydrogen-bond acceptors (Lipinski definition) is 12. The third-order valence-corrected chi connectivity index (χ3v) is 14.1. The smallest absolute Gasteiger partial charge is 0.449 e. The van der Waals surface area contributed by atoms with E-state index in [1.807, 2.05) is 7.00 Å². The molecule has 11 nitrogen and oxygen atoms in total. The number of carbonyl (C=O) groups excluding carboxylic acids is 2. The SMILES string of the molecule is CSC(=O)OC1[C@H]([B]P)O[C@@H]2CO[Si](C(C)C)(C(C)C)OC(C(C)C)(C(C)C)O[C@H]12.O=C1OC2[C@H]([B]P)O[C@H](CO)[C@@H]2O1. The summed E-state index contributed by atoms with van der Waals surface area (Å²) in [6.07, 6.45) is -1.70. The third-order valence-electron chi connectivity index (χ3n) is 8.45. The van der Waals surface area contributed by atoms with Crippen molar-refractivity contribution in [2.45, 2.75) is 121 Å². The minimum atomic E-state index is -2.67. The van der Waals surface area contributed by atoms with Gasteiger partial charge in [0.1, 0.15) is 18.3 Å². The molecule has 0 aliphatic carbocycles. The van der Waals surface area contributed by atoms with Crippen LogP contribution in [0.1, 0.15) is 55.4 Å². The lowest BCUT2D eigenvalue weighted by atomic mass is 9.88. The number of carbonyl (C=O) groups is 2. The van der Waals surface area contributed by atoms with Crippen molar-refractivity contribution < 1.29 is 52.0 Å². The second-order valence-corrected chi connectivity index (χ2v) is 18.1. The first kappa shape index (κ1) is 37.5. The summed E-state index contributed by atoms with van der Waals surface area (Å²) < 4.78 is 47.7. The van der Waals surface area contributed by atoms with E-state index in [1.54, 1.807) is 13.3 Å². The Hall–Kier alpha value is 0.0568. The first-order chi connectivity index (χ1) is 20.2. The maximum atomic E-state index is 12.1. The van der Waals surface area contributed by atoms with Crippen LogP contribution in [0.5, 0.6) is 0 Å². The molecule has 4 heterocycles. The van der Waals surface area contributed by atoms with Gasteiger partial charge in [-0.3, -0.25) is 0 Å². The van der Waals surface area contributed by atoms with E-state index in [-0.39, 0.29) is 52.9 Å². The van der Waals surface area contributed by atoms with E-state index in [1.165, 1.54) is 0 Å². The Morgan fingerprint density at radius 1 is 1.00 bits per heavy atom. The molecule has 0 aromatic heterocycles. The Kier molecular flexibility index (Phi) is 13.8. The van der Waals surface area contributed by atoms with Gasteiger partial charge in [-0.25, -0.2) is 9.59 Å². The molecular formula is C26H48B2O11P2SSi. The normalized spacial score (nSPS) is 34.5. The molecule has 0 amide bonds. The van der Waals surface area contributed by atoms with Gasteiger partial charge in [0.05, 0.1) is 25.2 Å². The van der Waals surface area contributed by atoms with Gasteiger partial charge in [-0.1, -0.05) is 55.4 Å². The molecule has 10 atom stereocenters. The summed E-state index contributed by atoms with van der Waals surface area (Å²) >= 11 is 1.04. The molecule has 1 N–H and O–H groups in total. The molecule has 4 unspecified atom stereocenters. The quantitative estimate of drug-likeness (QED) is 0.227. The molecule has 43 heavy (non-hydrogen) atoms. The van der Waals surface area contributed by atoms with Crippen molar-refractivity contribution in [1.82, 2.24) is 0 Å². The molecule has 244 valence electrons. The monoisotopic (exact) mass is 680 g/mol. The van der Waals surface area contributed by atoms with Gasteiger partial charge in [0.15, 0.2) is 38.1 Å². The van der Waals surface area contributed by atoms with Gasteiger partial charge in [-0.05, 0) is 29.1 Å². The average Bonchev–Trinajstić information content (AvgIpc) is 3.58. The summed E-state index contributed by atoms with van der Waals surface area (Å²) in [7, 11) is 2.30. The Labute approximate surface area is 267 Å². The maximum absolute atomic E-state index is 12.1. The molecule has 17 heteroatoms. The summed E-state index contributed by atoms with van der Waals surface area (Å²) in [5.41, 5.74) is 0.482. The zero-order chi connectivity index (χ0) is 32.3. The fourth-order valence-electron chi connectivity index (χ4n) is 6.20. The standard InChI is InChI=1S/C20H39BO6PSSi.C6H9BO5P/c1-11(2)20(12(3)4)26-16-15(10-23-30(27-20,13(5)6)14(7)8)24-18(21-28)17(16)25-19(22)29-9;8-1-2-3-4(5(7-13)10-2)12-6(9)11-3/h11-18H,10,28H2,1-9H3;2-5,8H,1,13H2/t15-,16+,17?,18-;2-,3+,4?,5-/m11/s1. The molecule has 4 aliphatic rings. The first-order valence-corrected chi connectivity index (χ1v) is 19.4. The number of aliphatic hydroxyl groups is 1. The number of thioether (sulfide) groups is 1. The molecule has 0 spiro atoms. The largest absolute Gasteiger partial charge is 0.509 e. The Morgan fingerprint density at radius 2 is 1.58 bits per heavy atom. The van der Waals surface area contributed by atoms with Crippen LogP contribution in [0.4, 0.5) is 9.59 Å². The molecule has 0 saturated carbocycles. The fraction of sp³-hybridized carbons (Fsp3) is 0.923. The third kappa shape index (κ3) is 7.79. The van der Waals surface area contributed by atoms with E-state index in [0.29, 0.717) is 6.61 Å². The Morgan fingerprint density at radius 3 is 2.07 bits per heavy atom. The maximum Gasteiger partial charge on any atom is 0.509 e. The number of fused-ring (bicyclic) bond motifs is 2. The Balaban J connectivity index is 0.000000321. The second kappa shape index (κ2) is 15.8. The van der Waals surface area contributed by atoms with E-state index in [0.717, 1.165) is 11.8 Å². The van der Waals surface area contributed by atoms with Gasteiger partial charge in [0.2, 0.25) is 0 Å². The summed E-state index contributed by atoms with van der Waals surface area (Å²) in [6, 6.07) is -0.687. The van der Waals surface area contributed by atoms with E-state index >= 15 is 0 Å². The van der Waals surface area contributed by atoms with Crippen LogP contribution in [0.3, 0.4) is 0 Å². The van der Waals surface area contributed by atoms with E-state index in [9.17, 15) is 9.59 Å². The molecule has 2 radical (unpaired) electrons. The number of hydrogen-bond donors (Lipinski definition) is 1. The van der Waals surface area contributed by atoms with E-state index in [4.69, 9.17) is 42.4 Å². The van der Waals surface area contributed by atoms with Crippen molar-refractivity contribution in [1.29, 1.82) is 0 Å². The van der Waals surface area contributed by atoms with Gasteiger partial charge in [-0.2, -0.15) is 18.2 Å². The fourth-order valence-corrected chi connectivity index (χ4v) is 11.0. The Bertz CT molecular complexity index is 917. The van der Waals surface area contributed by atoms with Crippen LogP contribution < -0.4 is 0 Å². The molecule has 0 aromatic rings. The zero-order valence-electron chi connectivity index (χ0n) is 26.6. The number of rotatable bonds is 8. The molecule has 0 aromatic carbocycles. The highest BCUT2D eigenvalue weighted by Crippen LogP contribution is 2.47. The van der Waals surface area contributed by atoms with Crippen LogP contribution >= 0.6 is 30.0 Å². The molecule has 4 saturated heterocycles. The van der Waals surface area contributed by atoms with Crippen molar-refractivity contribution in [3.05, 3.63) is 0 Å². The van der Waals surface area contributed by atoms with Gasteiger partial charge in [0, 0.05) is 11.8 Å². The predicted octanol–water partition coefficient (Wildman–Crippen LogP) is 3.88. The highest BCUT2D eigenvalue weighted by atomic mass is 32.2. The van der Waals surface area contributed by atoms with Gasteiger partial charge in [0.25, 0.3) is 0 Å². The lowest BCUT2D eigenvalue weighted by molar-refractivity contribution is -0.297.